The second-order valence-corrected chi connectivity index (χ2v) is 11.7. The molecule has 30 heavy (non-hydrogen) atoms. The summed E-state index contributed by atoms with van der Waals surface area (Å²) in [5.74, 6) is -2.29. The average molecular weight is 440 g/mol. The van der Waals surface area contributed by atoms with E-state index in [9.17, 15) is 19.1 Å². The van der Waals surface area contributed by atoms with Gasteiger partial charge in [0.25, 0.3) is 0 Å². The minimum atomic E-state index is -1.33. The second-order valence-electron chi connectivity index (χ2n) is 9.66. The van der Waals surface area contributed by atoms with Crippen LogP contribution in [0.15, 0.2) is 18.2 Å². The summed E-state index contributed by atoms with van der Waals surface area (Å²) in [4.78, 5) is 22.9. The van der Waals surface area contributed by atoms with Gasteiger partial charge in [-0.2, -0.15) is 0 Å². The van der Waals surface area contributed by atoms with Gasteiger partial charge in [0.05, 0.1) is 11.7 Å². The van der Waals surface area contributed by atoms with Crippen molar-refractivity contribution in [1.82, 2.24) is 0 Å². The highest BCUT2D eigenvalue weighted by Crippen LogP contribution is 2.39. The molecule has 0 heterocycles. The molecule has 0 fully saturated rings. The summed E-state index contributed by atoms with van der Waals surface area (Å²) in [6, 6.07) is 4.61. The number of carboxylic acid groups (broad SMARTS) is 1. The highest BCUT2D eigenvalue weighted by molar-refractivity contribution is 6.48. The van der Waals surface area contributed by atoms with Gasteiger partial charge in [0.2, 0.25) is 9.04 Å². The summed E-state index contributed by atoms with van der Waals surface area (Å²) in [5.41, 5.74) is 0.0396. The summed E-state index contributed by atoms with van der Waals surface area (Å²) < 4.78 is 20.4. The van der Waals surface area contributed by atoms with Crippen molar-refractivity contribution in [3.05, 3.63) is 35.1 Å². The smallest absolute Gasteiger partial charge is 0.310 e. The third kappa shape index (κ3) is 7.93. The molecule has 0 saturated carbocycles. The Morgan fingerprint density at radius 1 is 1.20 bits per heavy atom. The van der Waals surface area contributed by atoms with Gasteiger partial charge in [-0.15, -0.1) is 0 Å². The number of carbonyl (C=O) groups excluding carboxylic acids is 1. The van der Waals surface area contributed by atoms with Gasteiger partial charge in [0, 0.05) is 6.42 Å². The van der Waals surface area contributed by atoms with E-state index in [-0.39, 0.29) is 36.1 Å². The molecule has 0 bridgehead atoms. The van der Waals surface area contributed by atoms with E-state index in [1.807, 2.05) is 47.7 Å². The van der Waals surface area contributed by atoms with Crippen molar-refractivity contribution in [2.24, 2.45) is 11.3 Å². The maximum atomic E-state index is 14.1. The summed E-state index contributed by atoms with van der Waals surface area (Å²) in [7, 11) is -1.05. The molecule has 169 valence electrons. The number of Topliss-reactive ketones (excluding diaryl/α,β-unsaturated/α-hetero) is 1. The molecule has 1 aromatic rings. The van der Waals surface area contributed by atoms with Crippen LogP contribution in [0.2, 0.25) is 13.1 Å². The Bertz CT molecular complexity index is 742. The number of carbonyl (C=O) groups is 2. The number of aliphatic carboxylic acids is 1. The van der Waals surface area contributed by atoms with Crippen LogP contribution in [0.4, 0.5) is 4.39 Å². The molecule has 1 rings (SSSR count). The molecule has 2 unspecified atom stereocenters. The number of hydrogen-bond acceptors (Lipinski definition) is 4. The number of halogens is 1. The first-order valence-corrected chi connectivity index (χ1v) is 12.8. The molecule has 2 N–H and O–H groups in total. The van der Waals surface area contributed by atoms with E-state index >= 15 is 0 Å². The van der Waals surface area contributed by atoms with Crippen molar-refractivity contribution in [3.63, 3.8) is 0 Å². The molecule has 0 aliphatic rings. The molecule has 2 atom stereocenters. The van der Waals surface area contributed by atoms with Gasteiger partial charge in [0.1, 0.15) is 18.0 Å². The van der Waals surface area contributed by atoms with Crippen LogP contribution in [-0.4, -0.2) is 36.6 Å². The fourth-order valence-corrected chi connectivity index (χ4v) is 4.44. The Morgan fingerprint density at radius 2 is 1.80 bits per heavy atom. The third-order valence-electron chi connectivity index (χ3n) is 5.28. The Balaban J connectivity index is 3.20. The van der Waals surface area contributed by atoms with Gasteiger partial charge in [-0.05, 0) is 60.5 Å². The number of rotatable bonds is 11. The lowest BCUT2D eigenvalue weighted by Crippen LogP contribution is -2.38. The average Bonchev–Trinajstić information content (AvgIpc) is 2.56. The van der Waals surface area contributed by atoms with E-state index in [0.717, 1.165) is 11.1 Å². The minimum absolute atomic E-state index is 0.218. The van der Waals surface area contributed by atoms with Crippen LogP contribution < -0.4 is 0 Å². The fraction of sp³-hybridized carbons (Fsp3) is 0.652. The van der Waals surface area contributed by atoms with Crippen molar-refractivity contribution in [2.75, 3.05) is 0 Å². The van der Waals surface area contributed by atoms with E-state index in [4.69, 9.17) is 9.53 Å². The number of aliphatic hydroxyl groups is 1. The first-order valence-electron chi connectivity index (χ1n) is 10.4. The highest BCUT2D eigenvalue weighted by Gasteiger charge is 2.35. The number of ketones is 1. The van der Waals surface area contributed by atoms with Gasteiger partial charge in [0.15, 0.2) is 0 Å². The third-order valence-corrected chi connectivity index (χ3v) is 5.99. The van der Waals surface area contributed by atoms with Gasteiger partial charge >= 0.3 is 5.97 Å². The predicted octanol–water partition coefficient (Wildman–Crippen LogP) is 4.93. The predicted molar refractivity (Wildman–Crippen MR) is 117 cm³/mol. The summed E-state index contributed by atoms with van der Waals surface area (Å²) in [5, 5.41) is 20.0. The zero-order valence-electron chi connectivity index (χ0n) is 19.2. The molecule has 0 amide bonds. The van der Waals surface area contributed by atoms with Crippen molar-refractivity contribution in [1.29, 1.82) is 0 Å². The van der Waals surface area contributed by atoms with Crippen LogP contribution in [0.5, 0.6) is 0 Å². The topological polar surface area (TPSA) is 83.8 Å². The maximum absolute atomic E-state index is 14.1. The fourth-order valence-electron chi connectivity index (χ4n) is 3.48. The molecule has 1 aromatic carbocycles. The summed E-state index contributed by atoms with van der Waals surface area (Å²) in [6.45, 7) is 13.8. The van der Waals surface area contributed by atoms with E-state index in [1.165, 1.54) is 12.1 Å². The van der Waals surface area contributed by atoms with Crippen LogP contribution in [0, 0.1) is 17.2 Å². The van der Waals surface area contributed by atoms with E-state index in [2.05, 4.69) is 0 Å². The number of aryl methyl sites for hydroxylation is 1. The molecule has 0 aromatic heterocycles. The molecule has 1 radical (unpaired) electrons. The number of benzene rings is 1. The standard InChI is InChI=1S/C23H36FO5Si/c1-15(2)23(28,14-18(25)13-20(26)27)11-10-16-8-9-17(24)12-19(16)21(22(3,4)5)29-30(6)7/h8-9,12,15,21,28H,10-11,13-14H2,1-7H3,(H,26,27). The van der Waals surface area contributed by atoms with E-state index < -0.39 is 32.8 Å². The molecule has 0 saturated heterocycles. The molecule has 7 heteroatoms. The molecular weight excluding hydrogens is 403 g/mol. The van der Waals surface area contributed by atoms with Crippen LogP contribution in [0.25, 0.3) is 0 Å². The molecule has 0 spiro atoms. The molecule has 0 aliphatic heterocycles. The highest BCUT2D eigenvalue weighted by atomic mass is 28.3. The molecule has 5 nitrogen and oxygen atoms in total. The Morgan fingerprint density at radius 3 is 2.27 bits per heavy atom. The Hall–Kier alpha value is -1.57. The van der Waals surface area contributed by atoms with Crippen molar-refractivity contribution >= 4 is 20.8 Å². The van der Waals surface area contributed by atoms with Crippen LogP contribution in [0.1, 0.15) is 71.1 Å². The van der Waals surface area contributed by atoms with Crippen molar-refractivity contribution in [2.45, 2.75) is 85.1 Å². The minimum Gasteiger partial charge on any atom is -0.481 e. The monoisotopic (exact) mass is 439 g/mol. The van der Waals surface area contributed by atoms with Crippen LogP contribution >= 0.6 is 0 Å². The van der Waals surface area contributed by atoms with Crippen LogP contribution in [-0.2, 0) is 20.4 Å². The normalized spacial score (nSPS) is 15.3. The van der Waals surface area contributed by atoms with Crippen molar-refractivity contribution < 1.29 is 28.6 Å². The quantitative estimate of drug-likeness (QED) is 0.377. The van der Waals surface area contributed by atoms with Crippen molar-refractivity contribution in [3.8, 4) is 0 Å². The van der Waals surface area contributed by atoms with Gasteiger partial charge in [-0.25, -0.2) is 4.39 Å². The van der Waals surface area contributed by atoms with Crippen LogP contribution in [0.3, 0.4) is 0 Å². The molecular formula is C23H36FO5Si. The van der Waals surface area contributed by atoms with Gasteiger partial charge < -0.3 is 14.6 Å². The van der Waals surface area contributed by atoms with E-state index in [1.54, 1.807) is 6.07 Å². The Labute approximate surface area is 181 Å². The zero-order valence-corrected chi connectivity index (χ0v) is 20.2. The number of hydrogen-bond donors (Lipinski definition) is 2. The first-order chi connectivity index (χ1) is 13.7. The summed E-state index contributed by atoms with van der Waals surface area (Å²) >= 11 is 0. The number of carboxylic acids is 1. The summed E-state index contributed by atoms with van der Waals surface area (Å²) in [6.07, 6.45) is -0.427. The maximum Gasteiger partial charge on any atom is 0.310 e. The van der Waals surface area contributed by atoms with E-state index in [0.29, 0.717) is 6.42 Å². The lowest BCUT2D eigenvalue weighted by molar-refractivity contribution is -0.142. The van der Waals surface area contributed by atoms with Gasteiger partial charge in [-0.3, -0.25) is 9.59 Å². The first kappa shape index (κ1) is 26.5. The van der Waals surface area contributed by atoms with Gasteiger partial charge in [-0.1, -0.05) is 40.7 Å². The largest absolute Gasteiger partial charge is 0.481 e. The zero-order chi connectivity index (χ0) is 23.3. The SMILES string of the molecule is CC(C)C(O)(CCc1ccc(F)cc1C(O[Si](C)C)C(C)(C)C)CC(=O)CC(=O)O. The molecule has 0 aliphatic carbocycles. The lowest BCUT2D eigenvalue weighted by Gasteiger charge is -2.35. The lowest BCUT2D eigenvalue weighted by atomic mass is 9.78. The second kappa shape index (κ2) is 10.6. The Kier molecular flexibility index (Phi) is 9.39.